The van der Waals surface area contributed by atoms with E-state index < -0.39 is 0 Å². The van der Waals surface area contributed by atoms with E-state index in [0.29, 0.717) is 0 Å². The molecule has 0 fully saturated rings. The SMILES string of the molecule is CCCOc1ccc(-c2ccc(CC(C)(C)NC(C)=O)cc2)cc1. The van der Waals surface area contributed by atoms with Crippen molar-refractivity contribution in [1.29, 1.82) is 0 Å². The van der Waals surface area contributed by atoms with Gasteiger partial charge in [-0.05, 0) is 55.5 Å². The van der Waals surface area contributed by atoms with Gasteiger partial charge in [0.25, 0.3) is 0 Å². The molecule has 0 saturated carbocycles. The van der Waals surface area contributed by atoms with E-state index in [4.69, 9.17) is 4.74 Å². The Labute approximate surface area is 145 Å². The predicted molar refractivity (Wildman–Crippen MR) is 99.3 cm³/mol. The summed E-state index contributed by atoms with van der Waals surface area (Å²) >= 11 is 0. The second-order valence-corrected chi connectivity index (χ2v) is 6.81. The lowest BCUT2D eigenvalue weighted by Crippen LogP contribution is -2.43. The summed E-state index contributed by atoms with van der Waals surface area (Å²) in [7, 11) is 0. The second kappa shape index (κ2) is 8.00. The van der Waals surface area contributed by atoms with Gasteiger partial charge in [0.2, 0.25) is 5.91 Å². The molecule has 2 rings (SSSR count). The summed E-state index contributed by atoms with van der Waals surface area (Å²) in [6.45, 7) is 8.48. The highest BCUT2D eigenvalue weighted by atomic mass is 16.5. The van der Waals surface area contributed by atoms with Crippen LogP contribution < -0.4 is 10.1 Å². The van der Waals surface area contributed by atoms with Gasteiger partial charge >= 0.3 is 0 Å². The third-order valence-corrected chi connectivity index (χ3v) is 3.77. The molecule has 0 heterocycles. The number of nitrogens with one attached hydrogen (secondary N) is 1. The topological polar surface area (TPSA) is 38.3 Å². The smallest absolute Gasteiger partial charge is 0.217 e. The molecule has 3 heteroatoms. The van der Waals surface area contributed by atoms with Crippen molar-refractivity contribution in [3.05, 3.63) is 54.1 Å². The second-order valence-electron chi connectivity index (χ2n) is 6.81. The summed E-state index contributed by atoms with van der Waals surface area (Å²) in [4.78, 5) is 11.3. The molecular weight excluding hydrogens is 298 g/mol. The van der Waals surface area contributed by atoms with Crippen molar-refractivity contribution in [2.45, 2.75) is 46.1 Å². The average Bonchev–Trinajstić information content (AvgIpc) is 2.52. The molecule has 0 unspecified atom stereocenters. The first kappa shape index (κ1) is 18.1. The minimum atomic E-state index is -0.244. The largest absolute Gasteiger partial charge is 0.494 e. The highest BCUT2D eigenvalue weighted by Crippen LogP contribution is 2.24. The molecule has 0 aliphatic heterocycles. The molecule has 24 heavy (non-hydrogen) atoms. The van der Waals surface area contributed by atoms with Crippen LogP contribution in [0, 0.1) is 0 Å². The van der Waals surface area contributed by atoms with Crippen molar-refractivity contribution >= 4 is 5.91 Å². The Morgan fingerprint density at radius 1 is 1.00 bits per heavy atom. The molecule has 0 radical (unpaired) electrons. The zero-order chi connectivity index (χ0) is 17.6. The van der Waals surface area contributed by atoms with Crippen molar-refractivity contribution in [3.8, 4) is 16.9 Å². The fourth-order valence-corrected chi connectivity index (χ4v) is 2.81. The van der Waals surface area contributed by atoms with Crippen LogP contribution in [0.3, 0.4) is 0 Å². The first-order chi connectivity index (χ1) is 11.4. The molecule has 3 nitrogen and oxygen atoms in total. The molecule has 0 atom stereocenters. The summed E-state index contributed by atoms with van der Waals surface area (Å²) in [5, 5.41) is 2.98. The van der Waals surface area contributed by atoms with Gasteiger partial charge in [-0.15, -0.1) is 0 Å². The van der Waals surface area contributed by atoms with E-state index in [-0.39, 0.29) is 11.4 Å². The predicted octanol–water partition coefficient (Wildman–Crippen LogP) is 4.60. The van der Waals surface area contributed by atoms with Crippen LogP contribution in [0.4, 0.5) is 0 Å². The van der Waals surface area contributed by atoms with E-state index in [1.54, 1.807) is 6.92 Å². The summed E-state index contributed by atoms with van der Waals surface area (Å²) < 4.78 is 5.62. The lowest BCUT2D eigenvalue weighted by atomic mass is 9.93. The highest BCUT2D eigenvalue weighted by molar-refractivity contribution is 5.73. The number of hydrogen-bond donors (Lipinski definition) is 1. The molecular formula is C21H27NO2. The number of carbonyl (C=O) groups excluding carboxylic acids is 1. The molecule has 2 aromatic rings. The first-order valence-electron chi connectivity index (χ1n) is 8.50. The number of benzene rings is 2. The highest BCUT2D eigenvalue weighted by Gasteiger charge is 2.19. The molecule has 0 aromatic heterocycles. The van der Waals surface area contributed by atoms with Crippen molar-refractivity contribution < 1.29 is 9.53 Å². The van der Waals surface area contributed by atoms with E-state index >= 15 is 0 Å². The molecule has 0 saturated heterocycles. The van der Waals surface area contributed by atoms with Gasteiger partial charge in [-0.1, -0.05) is 43.3 Å². The van der Waals surface area contributed by atoms with Crippen LogP contribution >= 0.6 is 0 Å². The fraction of sp³-hybridized carbons (Fsp3) is 0.381. The molecule has 0 aliphatic rings. The maximum Gasteiger partial charge on any atom is 0.217 e. The molecule has 0 aliphatic carbocycles. The quantitative estimate of drug-likeness (QED) is 0.808. The third-order valence-electron chi connectivity index (χ3n) is 3.77. The molecule has 0 bridgehead atoms. The van der Waals surface area contributed by atoms with Crippen LogP contribution in [-0.2, 0) is 11.2 Å². The van der Waals surface area contributed by atoms with Crippen LogP contribution in [0.2, 0.25) is 0 Å². The number of carbonyl (C=O) groups is 1. The molecule has 0 spiro atoms. The summed E-state index contributed by atoms with van der Waals surface area (Å²) in [5.41, 5.74) is 3.32. The minimum absolute atomic E-state index is 0.00185. The first-order valence-corrected chi connectivity index (χ1v) is 8.50. The maximum absolute atomic E-state index is 11.3. The maximum atomic E-state index is 11.3. The van der Waals surface area contributed by atoms with Gasteiger partial charge in [0.15, 0.2) is 0 Å². The van der Waals surface area contributed by atoms with Gasteiger partial charge in [0.1, 0.15) is 5.75 Å². The van der Waals surface area contributed by atoms with Crippen molar-refractivity contribution in [3.63, 3.8) is 0 Å². The van der Waals surface area contributed by atoms with Crippen molar-refractivity contribution in [2.24, 2.45) is 0 Å². The van der Waals surface area contributed by atoms with Gasteiger partial charge in [-0.3, -0.25) is 4.79 Å². The van der Waals surface area contributed by atoms with Crippen LogP contribution in [0.15, 0.2) is 48.5 Å². The van der Waals surface area contributed by atoms with Crippen molar-refractivity contribution in [1.82, 2.24) is 5.32 Å². The Balaban J connectivity index is 2.05. The van der Waals surface area contributed by atoms with Gasteiger partial charge < -0.3 is 10.1 Å². The standard InChI is InChI=1S/C21H27NO2/c1-5-14-24-20-12-10-19(11-13-20)18-8-6-17(7-9-18)15-21(3,4)22-16(2)23/h6-13H,5,14-15H2,1-4H3,(H,22,23). The summed E-state index contributed by atoms with van der Waals surface area (Å²) in [6, 6.07) is 16.7. The number of ether oxygens (including phenoxy) is 1. The molecule has 2 aromatic carbocycles. The van der Waals surface area contributed by atoms with Gasteiger partial charge in [-0.2, -0.15) is 0 Å². The Morgan fingerprint density at radius 3 is 2.04 bits per heavy atom. The minimum Gasteiger partial charge on any atom is -0.494 e. The van der Waals surface area contributed by atoms with E-state index in [9.17, 15) is 4.79 Å². The average molecular weight is 325 g/mol. The van der Waals surface area contributed by atoms with Crippen LogP contribution in [0.1, 0.15) is 39.7 Å². The molecule has 1 N–H and O–H groups in total. The van der Waals surface area contributed by atoms with Gasteiger partial charge in [0.05, 0.1) is 6.61 Å². The number of rotatable bonds is 7. The van der Waals surface area contributed by atoms with E-state index in [1.807, 2.05) is 26.0 Å². The van der Waals surface area contributed by atoms with Gasteiger partial charge in [0, 0.05) is 12.5 Å². The van der Waals surface area contributed by atoms with Crippen LogP contribution in [-0.4, -0.2) is 18.1 Å². The molecule has 1 amide bonds. The van der Waals surface area contributed by atoms with Crippen LogP contribution in [0.5, 0.6) is 5.75 Å². The zero-order valence-electron chi connectivity index (χ0n) is 15.1. The Hall–Kier alpha value is -2.29. The number of hydrogen-bond acceptors (Lipinski definition) is 2. The Morgan fingerprint density at radius 2 is 1.54 bits per heavy atom. The molecule has 128 valence electrons. The summed E-state index contributed by atoms with van der Waals surface area (Å²) in [6.07, 6.45) is 1.81. The third kappa shape index (κ3) is 5.41. The van der Waals surface area contributed by atoms with E-state index in [0.717, 1.165) is 25.2 Å². The fourth-order valence-electron chi connectivity index (χ4n) is 2.81. The zero-order valence-corrected chi connectivity index (χ0v) is 15.1. The van der Waals surface area contributed by atoms with E-state index in [1.165, 1.54) is 16.7 Å². The lowest BCUT2D eigenvalue weighted by molar-refractivity contribution is -0.120. The van der Waals surface area contributed by atoms with Crippen molar-refractivity contribution in [2.75, 3.05) is 6.61 Å². The van der Waals surface area contributed by atoms with Gasteiger partial charge in [-0.25, -0.2) is 0 Å². The lowest BCUT2D eigenvalue weighted by Gasteiger charge is -2.25. The normalized spacial score (nSPS) is 11.2. The number of amides is 1. The van der Waals surface area contributed by atoms with Crippen LogP contribution in [0.25, 0.3) is 11.1 Å². The summed E-state index contributed by atoms with van der Waals surface area (Å²) in [5.74, 6) is 0.913. The monoisotopic (exact) mass is 325 g/mol. The van der Waals surface area contributed by atoms with E-state index in [2.05, 4.69) is 48.6 Å². The Bertz CT molecular complexity index is 657. The Kier molecular flexibility index (Phi) is 6.02.